The van der Waals surface area contributed by atoms with Crippen LogP contribution in [0.5, 0.6) is 0 Å². The minimum Gasteiger partial charge on any atom is -0.449 e. The van der Waals surface area contributed by atoms with Crippen LogP contribution in [0.15, 0.2) is 58.1 Å². The molecular weight excluding hydrogens is 456 g/mol. The summed E-state index contributed by atoms with van der Waals surface area (Å²) in [6.07, 6.45) is 5.23. The fourth-order valence-electron chi connectivity index (χ4n) is 4.55. The van der Waals surface area contributed by atoms with E-state index < -0.39 is 10.0 Å². The van der Waals surface area contributed by atoms with Crippen LogP contribution in [0.2, 0.25) is 0 Å². The smallest absolute Gasteiger partial charge is 0.287 e. The number of carbonyl (C=O) groups is 1. The molecule has 0 spiro atoms. The molecule has 1 aromatic carbocycles. The molecule has 0 bridgehead atoms. The maximum absolute atomic E-state index is 13.1. The third-order valence-electron chi connectivity index (χ3n) is 6.54. The molecule has 0 saturated carbocycles. The highest BCUT2D eigenvalue weighted by Crippen LogP contribution is 2.22. The maximum atomic E-state index is 13.1. The van der Waals surface area contributed by atoms with Gasteiger partial charge in [0.05, 0.1) is 11.1 Å². The van der Waals surface area contributed by atoms with Gasteiger partial charge < -0.3 is 14.5 Å². The fourth-order valence-corrected chi connectivity index (χ4v) is 5.98. The van der Waals surface area contributed by atoms with Gasteiger partial charge in [0.25, 0.3) is 5.91 Å². The highest BCUT2D eigenvalue weighted by atomic mass is 32.2. The van der Waals surface area contributed by atoms with Crippen LogP contribution in [-0.4, -0.2) is 73.9 Å². The van der Waals surface area contributed by atoms with E-state index in [1.807, 2.05) is 0 Å². The van der Waals surface area contributed by atoms with Gasteiger partial charge in [0, 0.05) is 63.6 Å². The number of aromatic nitrogens is 1. The molecule has 0 aliphatic carbocycles. The zero-order valence-corrected chi connectivity index (χ0v) is 19.7. The van der Waals surface area contributed by atoms with Crippen molar-refractivity contribution < 1.29 is 22.4 Å². The van der Waals surface area contributed by atoms with Gasteiger partial charge in [-0.3, -0.25) is 14.7 Å². The van der Waals surface area contributed by atoms with Gasteiger partial charge >= 0.3 is 0 Å². The van der Waals surface area contributed by atoms with E-state index in [1.165, 1.54) is 0 Å². The van der Waals surface area contributed by atoms with E-state index in [-0.39, 0.29) is 23.1 Å². The summed E-state index contributed by atoms with van der Waals surface area (Å²) in [7, 11) is -3.55. The van der Waals surface area contributed by atoms with Crippen LogP contribution in [0.4, 0.5) is 0 Å². The van der Waals surface area contributed by atoms with Gasteiger partial charge in [0.15, 0.2) is 11.3 Å². The largest absolute Gasteiger partial charge is 0.449 e. The molecule has 2 saturated heterocycles. The van der Waals surface area contributed by atoms with Gasteiger partial charge in [-0.15, -0.1) is 0 Å². The van der Waals surface area contributed by atoms with E-state index in [9.17, 15) is 13.2 Å². The molecule has 180 valence electrons. The molecular formula is C24H28N4O5S. The standard InChI is InChI=1S/C24H28N4O5S/c29-24(22-15-19-5-8-25-17-23(19)33-22)26-16-18-1-3-21(4-2-18)34(30,31)28-11-9-27(10-12-28)20-6-13-32-14-7-20/h1-5,8,15,17,20H,6-7,9-14,16H2,(H,26,29). The molecule has 3 aromatic rings. The number of carbonyl (C=O) groups excluding carboxylic acids is 1. The van der Waals surface area contributed by atoms with Gasteiger partial charge in [0.1, 0.15) is 0 Å². The lowest BCUT2D eigenvalue weighted by atomic mass is 10.1. The first-order valence-electron chi connectivity index (χ1n) is 11.5. The van der Waals surface area contributed by atoms with E-state index in [0.717, 1.165) is 50.1 Å². The van der Waals surface area contributed by atoms with Crippen LogP contribution in [-0.2, 0) is 21.3 Å². The molecule has 10 heteroatoms. The maximum Gasteiger partial charge on any atom is 0.287 e. The Morgan fingerprint density at radius 3 is 2.50 bits per heavy atom. The topological polar surface area (TPSA) is 105 Å². The number of ether oxygens (including phenoxy) is 1. The molecule has 2 aliphatic rings. The van der Waals surface area contributed by atoms with Gasteiger partial charge in [-0.25, -0.2) is 8.42 Å². The predicted octanol–water partition coefficient (Wildman–Crippen LogP) is 2.24. The summed E-state index contributed by atoms with van der Waals surface area (Å²) in [5.74, 6) is -0.127. The lowest BCUT2D eigenvalue weighted by Crippen LogP contribution is -2.52. The number of hydrogen-bond acceptors (Lipinski definition) is 7. The first-order valence-corrected chi connectivity index (χ1v) is 13.0. The van der Waals surface area contributed by atoms with Crippen LogP contribution < -0.4 is 5.32 Å². The van der Waals surface area contributed by atoms with Gasteiger partial charge in [-0.05, 0) is 42.7 Å². The number of sulfonamides is 1. The molecule has 34 heavy (non-hydrogen) atoms. The number of rotatable bonds is 6. The Balaban J connectivity index is 1.16. The van der Waals surface area contributed by atoms with E-state index in [0.29, 0.717) is 24.7 Å². The summed E-state index contributed by atoms with van der Waals surface area (Å²) in [5.41, 5.74) is 1.35. The third kappa shape index (κ3) is 4.85. The highest BCUT2D eigenvalue weighted by molar-refractivity contribution is 7.89. The lowest BCUT2D eigenvalue weighted by molar-refractivity contribution is 0.0229. The molecule has 2 aliphatic heterocycles. The summed E-state index contributed by atoms with van der Waals surface area (Å²) in [6.45, 7) is 4.29. The fraction of sp³-hybridized carbons (Fsp3) is 0.417. The molecule has 1 amide bonds. The summed E-state index contributed by atoms with van der Waals surface area (Å²) >= 11 is 0. The molecule has 0 unspecified atom stereocenters. The molecule has 5 rings (SSSR count). The second-order valence-corrected chi connectivity index (χ2v) is 10.6. The Kier molecular flexibility index (Phi) is 6.64. The number of piperazine rings is 1. The Labute approximate surface area is 198 Å². The number of furan rings is 1. The number of benzene rings is 1. The van der Waals surface area contributed by atoms with Gasteiger partial charge in [-0.2, -0.15) is 4.31 Å². The van der Waals surface area contributed by atoms with Gasteiger partial charge in [0.2, 0.25) is 10.0 Å². The van der Waals surface area contributed by atoms with Crippen LogP contribution in [0.1, 0.15) is 29.0 Å². The van der Waals surface area contributed by atoms with Crippen molar-refractivity contribution in [3.05, 3.63) is 60.1 Å². The van der Waals surface area contributed by atoms with Crippen LogP contribution >= 0.6 is 0 Å². The van der Waals surface area contributed by atoms with Crippen molar-refractivity contribution in [2.45, 2.75) is 30.3 Å². The molecule has 9 nitrogen and oxygen atoms in total. The second-order valence-electron chi connectivity index (χ2n) is 8.63. The zero-order chi connectivity index (χ0) is 23.5. The molecule has 0 atom stereocenters. The lowest BCUT2D eigenvalue weighted by Gasteiger charge is -2.40. The second kappa shape index (κ2) is 9.83. The number of nitrogens with one attached hydrogen (secondary N) is 1. The number of nitrogens with zero attached hydrogens (tertiary/aromatic N) is 3. The van der Waals surface area contributed by atoms with E-state index >= 15 is 0 Å². The molecule has 2 fully saturated rings. The van der Waals surface area contributed by atoms with Crippen molar-refractivity contribution >= 4 is 26.9 Å². The summed E-state index contributed by atoms with van der Waals surface area (Å²) in [6, 6.07) is 10.6. The Morgan fingerprint density at radius 1 is 1.06 bits per heavy atom. The molecule has 4 heterocycles. The molecule has 0 radical (unpaired) electrons. The summed E-state index contributed by atoms with van der Waals surface area (Å²) in [5, 5.41) is 3.61. The normalized spacial score (nSPS) is 18.8. The van der Waals surface area contributed by atoms with Crippen molar-refractivity contribution in [2.24, 2.45) is 0 Å². The quantitative estimate of drug-likeness (QED) is 0.572. The summed E-state index contributed by atoms with van der Waals surface area (Å²) in [4.78, 5) is 19.1. The minimum absolute atomic E-state index is 0.210. The predicted molar refractivity (Wildman–Crippen MR) is 126 cm³/mol. The third-order valence-corrected chi connectivity index (χ3v) is 8.45. The van der Waals surface area contributed by atoms with Crippen LogP contribution in [0, 0.1) is 0 Å². The average molecular weight is 485 g/mol. The number of hydrogen-bond donors (Lipinski definition) is 1. The van der Waals surface area contributed by atoms with Crippen LogP contribution in [0.25, 0.3) is 11.0 Å². The minimum atomic E-state index is -3.55. The number of fused-ring (bicyclic) bond motifs is 1. The Bertz CT molecular complexity index is 1210. The highest BCUT2D eigenvalue weighted by Gasteiger charge is 2.31. The first-order chi connectivity index (χ1) is 16.5. The van der Waals surface area contributed by atoms with E-state index in [2.05, 4.69) is 15.2 Å². The van der Waals surface area contributed by atoms with Crippen molar-refractivity contribution in [1.82, 2.24) is 19.5 Å². The van der Waals surface area contributed by atoms with Gasteiger partial charge in [-0.1, -0.05) is 12.1 Å². The summed E-state index contributed by atoms with van der Waals surface area (Å²) < 4.78 is 38.8. The average Bonchev–Trinajstić information content (AvgIpc) is 3.33. The molecule has 1 N–H and O–H groups in total. The van der Waals surface area contributed by atoms with Crippen molar-refractivity contribution in [3.63, 3.8) is 0 Å². The SMILES string of the molecule is O=C(NCc1ccc(S(=O)(=O)N2CCN(C3CCOCC3)CC2)cc1)c1cc2ccncc2o1. The van der Waals surface area contributed by atoms with Crippen LogP contribution in [0.3, 0.4) is 0 Å². The Hall–Kier alpha value is -2.79. The van der Waals surface area contributed by atoms with Crippen molar-refractivity contribution in [2.75, 3.05) is 39.4 Å². The number of pyridine rings is 1. The molecule has 2 aromatic heterocycles. The van der Waals surface area contributed by atoms with Crippen molar-refractivity contribution in [1.29, 1.82) is 0 Å². The van der Waals surface area contributed by atoms with E-state index in [1.54, 1.807) is 53.1 Å². The number of amides is 1. The Morgan fingerprint density at radius 2 is 1.79 bits per heavy atom. The zero-order valence-electron chi connectivity index (χ0n) is 18.9. The monoisotopic (exact) mass is 484 g/mol. The van der Waals surface area contributed by atoms with E-state index in [4.69, 9.17) is 9.15 Å². The first kappa shape index (κ1) is 23.0. The van der Waals surface area contributed by atoms with Crippen molar-refractivity contribution in [3.8, 4) is 0 Å².